The molecule has 0 saturated carbocycles. The number of carbonyl (C=O) groups is 1. The molecule has 5 nitrogen and oxygen atoms in total. The van der Waals surface area contributed by atoms with E-state index in [4.69, 9.17) is 4.74 Å². The van der Waals surface area contributed by atoms with Crippen LogP contribution in [-0.4, -0.2) is 32.0 Å². The van der Waals surface area contributed by atoms with Gasteiger partial charge in [-0.1, -0.05) is 15.9 Å². The number of hydrogen-bond acceptors (Lipinski definition) is 5. The highest BCUT2D eigenvalue weighted by molar-refractivity contribution is 9.10. The van der Waals surface area contributed by atoms with E-state index in [-0.39, 0.29) is 12.6 Å². The van der Waals surface area contributed by atoms with Crippen LogP contribution in [0.15, 0.2) is 27.6 Å². The Morgan fingerprint density at radius 2 is 2.20 bits per heavy atom. The Bertz CT molecular complexity index is 537. The molecule has 1 heterocycles. The average Bonchev–Trinajstić information content (AvgIpc) is 2.56. The van der Waals surface area contributed by atoms with Gasteiger partial charge in [-0.05, 0) is 44.5 Å². The summed E-state index contributed by atoms with van der Waals surface area (Å²) in [5.74, 6) is -0.453. The van der Waals surface area contributed by atoms with Crippen molar-refractivity contribution in [2.45, 2.75) is 37.8 Å². The second kappa shape index (κ2) is 5.65. The van der Waals surface area contributed by atoms with Gasteiger partial charge in [0, 0.05) is 4.47 Å². The van der Waals surface area contributed by atoms with Crippen molar-refractivity contribution in [2.75, 3.05) is 6.61 Å². The topological polar surface area (TPSA) is 70.0 Å². The summed E-state index contributed by atoms with van der Waals surface area (Å²) in [6.45, 7) is 5.47. The summed E-state index contributed by atoms with van der Waals surface area (Å²) in [7, 11) is -3.16. The van der Waals surface area contributed by atoms with Crippen molar-refractivity contribution in [3.8, 4) is 0 Å². The lowest BCUT2D eigenvalue weighted by Gasteiger charge is -2.41. The highest BCUT2D eigenvalue weighted by atomic mass is 79.9. The molecule has 0 spiro atoms. The summed E-state index contributed by atoms with van der Waals surface area (Å²) in [4.78, 5) is 12.4. The predicted octanol–water partition coefficient (Wildman–Crippen LogP) is 3.80. The van der Waals surface area contributed by atoms with Gasteiger partial charge in [0.2, 0.25) is 0 Å². The van der Waals surface area contributed by atoms with Gasteiger partial charge < -0.3 is 4.74 Å². The smallest absolute Gasteiger partial charge is 0.324 e. The number of halogens is 1. The largest absolute Gasteiger partial charge is 0.465 e. The van der Waals surface area contributed by atoms with E-state index in [9.17, 15) is 13.9 Å². The van der Waals surface area contributed by atoms with Crippen LogP contribution in [0.25, 0.3) is 0 Å². The van der Waals surface area contributed by atoms with E-state index in [0.717, 1.165) is 10.0 Å². The molecule has 0 bridgehead atoms. The number of benzene rings is 1. The Morgan fingerprint density at radius 1 is 1.55 bits per heavy atom. The fraction of sp³-hybridized carbons (Fsp3) is 0.462. The zero-order valence-corrected chi connectivity index (χ0v) is 13.9. The van der Waals surface area contributed by atoms with Gasteiger partial charge in [0.25, 0.3) is 0 Å². The second-order valence-electron chi connectivity index (χ2n) is 4.66. The third-order valence-electron chi connectivity index (χ3n) is 3.40. The summed E-state index contributed by atoms with van der Waals surface area (Å²) in [5, 5.41) is 0. The Balaban J connectivity index is 2.40. The molecule has 0 aliphatic carbocycles. The molecule has 0 amide bonds. The van der Waals surface area contributed by atoms with Gasteiger partial charge in [-0.2, -0.15) is 4.31 Å². The van der Waals surface area contributed by atoms with Crippen molar-refractivity contribution >= 4 is 32.7 Å². The monoisotopic (exact) mass is 363 g/mol. The van der Waals surface area contributed by atoms with Crippen molar-refractivity contribution in [2.24, 2.45) is 0 Å². The summed E-state index contributed by atoms with van der Waals surface area (Å²) in [6.07, 6.45) is 0. The van der Waals surface area contributed by atoms with Crippen molar-refractivity contribution in [3.63, 3.8) is 0 Å². The number of ether oxygens (including phenoxy) is 1. The lowest BCUT2D eigenvalue weighted by molar-refractivity contribution is -0.147. The molecule has 2 N–H and O–H groups in total. The molecule has 2 rings (SSSR count). The Labute approximate surface area is 128 Å². The summed E-state index contributed by atoms with van der Waals surface area (Å²) in [5.41, 5.74) is 0.815. The molecule has 1 aromatic rings. The van der Waals surface area contributed by atoms with Crippen LogP contribution >= 0.6 is 26.7 Å². The van der Waals surface area contributed by atoms with Crippen LogP contribution in [0.5, 0.6) is 0 Å². The van der Waals surface area contributed by atoms with Gasteiger partial charge in [-0.3, -0.25) is 13.9 Å². The molecule has 1 aliphatic heterocycles. The van der Waals surface area contributed by atoms with Crippen molar-refractivity contribution in [3.05, 3.63) is 28.2 Å². The van der Waals surface area contributed by atoms with Gasteiger partial charge in [-0.15, -0.1) is 10.8 Å². The third kappa shape index (κ3) is 2.48. The number of esters is 1. The van der Waals surface area contributed by atoms with Crippen molar-refractivity contribution < 1.29 is 18.6 Å². The fourth-order valence-corrected chi connectivity index (χ4v) is 4.97. The first-order valence-electron chi connectivity index (χ1n) is 6.33. The molecule has 112 valence electrons. The van der Waals surface area contributed by atoms with E-state index >= 15 is 0 Å². The van der Waals surface area contributed by atoms with Crippen LogP contribution in [0, 0.1) is 0 Å². The maximum absolute atomic E-state index is 11.9. The molecule has 0 saturated heterocycles. The van der Waals surface area contributed by atoms with Crippen LogP contribution in [-0.2, 0) is 9.53 Å². The highest BCUT2D eigenvalue weighted by Crippen LogP contribution is 2.64. The molecule has 20 heavy (non-hydrogen) atoms. The maximum atomic E-state index is 11.9. The van der Waals surface area contributed by atoms with Gasteiger partial charge in [0.15, 0.2) is 0 Å². The number of nitrogens with zero attached hydrogens (tertiary/aromatic N) is 1. The first-order valence-corrected chi connectivity index (χ1v) is 8.63. The predicted molar refractivity (Wildman–Crippen MR) is 81.6 cm³/mol. The van der Waals surface area contributed by atoms with E-state index in [1.54, 1.807) is 26.0 Å². The van der Waals surface area contributed by atoms with Crippen LogP contribution in [0.2, 0.25) is 0 Å². The minimum atomic E-state index is -3.16. The Morgan fingerprint density at radius 3 is 2.80 bits per heavy atom. The fourth-order valence-electron chi connectivity index (χ4n) is 2.49. The third-order valence-corrected chi connectivity index (χ3v) is 6.08. The summed E-state index contributed by atoms with van der Waals surface area (Å²) < 4.78 is 28.3. The van der Waals surface area contributed by atoms with Gasteiger partial charge in [0.1, 0.15) is 6.04 Å². The first kappa shape index (κ1) is 15.8. The van der Waals surface area contributed by atoms with E-state index in [1.165, 1.54) is 4.31 Å². The van der Waals surface area contributed by atoms with Crippen molar-refractivity contribution in [1.29, 1.82) is 0 Å². The van der Waals surface area contributed by atoms with E-state index in [0.29, 0.717) is 4.90 Å². The van der Waals surface area contributed by atoms with Crippen molar-refractivity contribution in [1.82, 2.24) is 4.31 Å². The number of rotatable bonds is 3. The number of fused-ring (bicyclic) bond motifs is 1. The van der Waals surface area contributed by atoms with Crippen LogP contribution in [0.1, 0.15) is 32.4 Å². The second-order valence-corrected chi connectivity index (χ2v) is 7.48. The first-order chi connectivity index (χ1) is 9.30. The lowest BCUT2D eigenvalue weighted by Crippen LogP contribution is -2.39. The van der Waals surface area contributed by atoms with Crippen LogP contribution in [0.4, 0.5) is 0 Å². The van der Waals surface area contributed by atoms with Crippen LogP contribution in [0.3, 0.4) is 0 Å². The molecule has 2 unspecified atom stereocenters. The van der Waals surface area contributed by atoms with Gasteiger partial charge >= 0.3 is 5.97 Å². The molecular formula is C13H18BrNO4S. The zero-order chi connectivity index (χ0) is 15.1. The van der Waals surface area contributed by atoms with Crippen LogP contribution < -0.4 is 0 Å². The standard InChI is InChI=1S/C13H18BrNO4S/c1-4-19-13(16)9(3)15-8(2)11-7-10(14)5-6-12(11)20(15,17)18/h5-9,17-18H,4H2,1-3H3. The van der Waals surface area contributed by atoms with E-state index in [2.05, 4.69) is 15.9 Å². The summed E-state index contributed by atoms with van der Waals surface area (Å²) >= 11 is 3.38. The minimum absolute atomic E-state index is 0.267. The molecule has 2 atom stereocenters. The average molecular weight is 364 g/mol. The number of hydrogen-bond donors (Lipinski definition) is 2. The molecule has 1 aliphatic rings. The molecule has 7 heteroatoms. The Kier molecular flexibility index (Phi) is 4.46. The van der Waals surface area contributed by atoms with Gasteiger partial charge in [0.05, 0.1) is 17.5 Å². The minimum Gasteiger partial charge on any atom is -0.465 e. The summed E-state index contributed by atoms with van der Waals surface area (Å²) in [6, 6.07) is 4.31. The Hall–Kier alpha value is -0.600. The van der Waals surface area contributed by atoms with E-state index < -0.39 is 22.8 Å². The molecular weight excluding hydrogens is 346 g/mol. The van der Waals surface area contributed by atoms with E-state index in [1.807, 2.05) is 13.0 Å². The SMILES string of the molecule is CCOC(=O)C(C)N1C(C)c2cc(Br)ccc2S1(O)O. The maximum Gasteiger partial charge on any atom is 0.324 e. The molecule has 0 aromatic heterocycles. The molecule has 0 fully saturated rings. The highest BCUT2D eigenvalue weighted by Gasteiger charge is 2.45. The normalized spacial score (nSPS) is 24.0. The lowest BCUT2D eigenvalue weighted by atomic mass is 10.1. The molecule has 1 aromatic carbocycles. The number of carbonyl (C=O) groups excluding carboxylic acids is 1. The zero-order valence-electron chi connectivity index (χ0n) is 11.5. The molecule has 0 radical (unpaired) electrons. The van der Waals surface area contributed by atoms with Gasteiger partial charge in [-0.25, -0.2) is 0 Å². The quantitative estimate of drug-likeness (QED) is 0.799.